The van der Waals surface area contributed by atoms with E-state index in [4.69, 9.17) is 4.52 Å². The largest absolute Gasteiger partial charge is 0.355 e. The molecule has 0 aromatic carbocycles. The molecular formula is C25H32F2N4O2. The summed E-state index contributed by atoms with van der Waals surface area (Å²) in [5.41, 5.74) is 2.03. The number of hydrogen-bond acceptors (Lipinski definition) is 5. The topological polar surface area (TPSA) is 71.3 Å². The number of hydrogen-bond donors (Lipinski definition) is 1. The lowest BCUT2D eigenvalue weighted by atomic mass is 9.84. The molecule has 1 aliphatic heterocycles. The van der Waals surface area contributed by atoms with Crippen LogP contribution in [0.4, 0.5) is 8.78 Å². The van der Waals surface area contributed by atoms with E-state index in [-0.39, 0.29) is 23.1 Å². The standard InChI is InChI=1S/C25H32F2N4O2/c1-16-20(4-3-10-28-16)23(32)29-19-7-5-17(6-8-19)9-11-31-14-18-13-25(18,15-31)21-12-22(33-30-21)24(2,26)27/h3-4,10,12,17-19H,5-9,11,13-15H2,1-2H3,(H,29,32)/t17?,18-,19?,25-/m0/s1. The summed E-state index contributed by atoms with van der Waals surface area (Å²) in [6, 6.07) is 5.32. The first-order valence-corrected chi connectivity index (χ1v) is 12.0. The highest BCUT2D eigenvalue weighted by atomic mass is 19.3. The second kappa shape index (κ2) is 8.46. The van der Waals surface area contributed by atoms with E-state index < -0.39 is 5.92 Å². The van der Waals surface area contributed by atoms with Crippen molar-refractivity contribution in [1.29, 1.82) is 0 Å². The molecule has 2 aromatic heterocycles. The molecule has 2 atom stereocenters. The number of alkyl halides is 2. The number of rotatable bonds is 7. The van der Waals surface area contributed by atoms with Gasteiger partial charge in [-0.3, -0.25) is 9.78 Å². The van der Waals surface area contributed by atoms with E-state index in [2.05, 4.69) is 20.4 Å². The van der Waals surface area contributed by atoms with Crippen LogP contribution in [0.25, 0.3) is 0 Å². The van der Waals surface area contributed by atoms with Gasteiger partial charge in [-0.2, -0.15) is 8.78 Å². The van der Waals surface area contributed by atoms with Crippen molar-refractivity contribution in [2.45, 2.75) is 69.8 Å². The molecule has 1 amide bonds. The van der Waals surface area contributed by atoms with Crippen molar-refractivity contribution in [1.82, 2.24) is 20.4 Å². The Morgan fingerprint density at radius 3 is 2.82 bits per heavy atom. The van der Waals surface area contributed by atoms with Crippen molar-refractivity contribution in [3.63, 3.8) is 0 Å². The number of aryl methyl sites for hydroxylation is 1. The molecule has 0 bridgehead atoms. The average Bonchev–Trinajstić information content (AvgIpc) is 3.14. The molecule has 8 heteroatoms. The molecule has 3 fully saturated rings. The summed E-state index contributed by atoms with van der Waals surface area (Å²) in [6.45, 7) is 5.64. The number of aromatic nitrogens is 2. The Labute approximate surface area is 193 Å². The normalized spacial score (nSPS) is 29.6. The minimum atomic E-state index is -2.99. The molecular weight excluding hydrogens is 426 g/mol. The summed E-state index contributed by atoms with van der Waals surface area (Å²) in [5, 5.41) is 7.18. The molecule has 3 aliphatic rings. The van der Waals surface area contributed by atoms with Crippen LogP contribution in [-0.2, 0) is 11.3 Å². The second-order valence-corrected chi connectivity index (χ2v) is 10.4. The fourth-order valence-electron chi connectivity index (χ4n) is 5.82. The third kappa shape index (κ3) is 4.54. The third-order valence-electron chi connectivity index (χ3n) is 7.96. The van der Waals surface area contributed by atoms with Gasteiger partial charge >= 0.3 is 5.92 Å². The lowest BCUT2D eigenvalue weighted by Crippen LogP contribution is -2.38. The lowest BCUT2D eigenvalue weighted by molar-refractivity contribution is -0.0105. The number of amides is 1. The van der Waals surface area contributed by atoms with Crippen LogP contribution < -0.4 is 5.32 Å². The number of fused-ring (bicyclic) bond motifs is 1. The average molecular weight is 459 g/mol. The first-order valence-electron chi connectivity index (χ1n) is 12.0. The monoisotopic (exact) mass is 458 g/mol. The molecule has 1 saturated heterocycles. The van der Waals surface area contributed by atoms with Crippen LogP contribution in [0.2, 0.25) is 0 Å². The van der Waals surface area contributed by atoms with Gasteiger partial charge in [-0.25, -0.2) is 0 Å². The molecule has 2 aromatic rings. The Morgan fingerprint density at radius 1 is 1.33 bits per heavy atom. The smallest absolute Gasteiger partial charge is 0.304 e. The maximum absolute atomic E-state index is 13.5. The zero-order valence-electron chi connectivity index (χ0n) is 19.3. The number of carbonyl (C=O) groups is 1. The summed E-state index contributed by atoms with van der Waals surface area (Å²) in [5.74, 6) is -2.17. The maximum Gasteiger partial charge on any atom is 0.304 e. The summed E-state index contributed by atoms with van der Waals surface area (Å²) < 4.78 is 32.0. The minimum absolute atomic E-state index is 0.0255. The van der Waals surface area contributed by atoms with Gasteiger partial charge in [0, 0.05) is 49.4 Å². The molecule has 1 N–H and O–H groups in total. The first-order chi connectivity index (χ1) is 15.7. The van der Waals surface area contributed by atoms with Crippen LogP contribution in [0, 0.1) is 18.8 Å². The highest BCUT2D eigenvalue weighted by molar-refractivity contribution is 5.95. The van der Waals surface area contributed by atoms with E-state index in [1.165, 1.54) is 6.07 Å². The highest BCUT2D eigenvalue weighted by Gasteiger charge is 2.62. The predicted molar refractivity (Wildman–Crippen MR) is 119 cm³/mol. The molecule has 33 heavy (non-hydrogen) atoms. The Bertz CT molecular complexity index is 1010. The van der Waals surface area contributed by atoms with E-state index >= 15 is 0 Å². The molecule has 0 unspecified atom stereocenters. The van der Waals surface area contributed by atoms with Crippen LogP contribution in [0.1, 0.15) is 73.0 Å². The number of pyridine rings is 1. The fraction of sp³-hybridized carbons (Fsp3) is 0.640. The molecule has 6 nitrogen and oxygen atoms in total. The van der Waals surface area contributed by atoms with Crippen molar-refractivity contribution in [3.05, 3.63) is 47.1 Å². The van der Waals surface area contributed by atoms with Crippen molar-refractivity contribution in [2.24, 2.45) is 11.8 Å². The molecule has 2 aliphatic carbocycles. The molecule has 3 heterocycles. The number of piperidine rings is 1. The van der Waals surface area contributed by atoms with E-state index in [0.717, 1.165) is 70.8 Å². The minimum Gasteiger partial charge on any atom is -0.355 e. The molecule has 178 valence electrons. The molecule has 0 radical (unpaired) electrons. The Morgan fingerprint density at radius 2 is 2.12 bits per heavy atom. The van der Waals surface area contributed by atoms with Gasteiger partial charge < -0.3 is 14.7 Å². The summed E-state index contributed by atoms with van der Waals surface area (Å²) >= 11 is 0. The third-order valence-corrected chi connectivity index (χ3v) is 7.96. The van der Waals surface area contributed by atoms with Crippen LogP contribution in [0.3, 0.4) is 0 Å². The van der Waals surface area contributed by atoms with Gasteiger partial charge in [0.25, 0.3) is 5.91 Å². The molecule has 0 spiro atoms. The summed E-state index contributed by atoms with van der Waals surface area (Å²) in [7, 11) is 0. The van der Waals surface area contributed by atoms with Crippen LogP contribution in [-0.4, -0.2) is 46.6 Å². The van der Waals surface area contributed by atoms with Crippen molar-refractivity contribution >= 4 is 5.91 Å². The zero-order chi connectivity index (χ0) is 23.2. The van der Waals surface area contributed by atoms with Gasteiger partial charge in [0.15, 0.2) is 0 Å². The number of nitrogens with one attached hydrogen (secondary N) is 1. The van der Waals surface area contributed by atoms with Crippen LogP contribution in [0.5, 0.6) is 0 Å². The second-order valence-electron chi connectivity index (χ2n) is 10.4. The van der Waals surface area contributed by atoms with Gasteiger partial charge in [-0.05, 0) is 76.0 Å². The molecule has 5 rings (SSSR count). The van der Waals surface area contributed by atoms with E-state index in [1.54, 1.807) is 12.3 Å². The van der Waals surface area contributed by atoms with Gasteiger partial charge in [0.05, 0.1) is 11.3 Å². The number of carbonyl (C=O) groups excluding carboxylic acids is 1. The number of nitrogens with zero attached hydrogens (tertiary/aromatic N) is 3. The summed E-state index contributed by atoms with van der Waals surface area (Å²) in [4.78, 5) is 19.2. The number of likely N-dealkylation sites (tertiary alicyclic amines) is 1. The van der Waals surface area contributed by atoms with Gasteiger partial charge in [-0.15, -0.1) is 0 Å². The Kier molecular flexibility index (Phi) is 5.75. The van der Waals surface area contributed by atoms with Crippen molar-refractivity contribution < 1.29 is 18.1 Å². The summed E-state index contributed by atoms with van der Waals surface area (Å²) in [6.07, 6.45) is 8.13. The van der Waals surface area contributed by atoms with Gasteiger partial charge in [-0.1, -0.05) is 5.16 Å². The van der Waals surface area contributed by atoms with Crippen LogP contribution >= 0.6 is 0 Å². The van der Waals surface area contributed by atoms with Crippen molar-refractivity contribution in [2.75, 3.05) is 19.6 Å². The fourth-order valence-corrected chi connectivity index (χ4v) is 5.82. The van der Waals surface area contributed by atoms with Gasteiger partial charge in [0.2, 0.25) is 5.76 Å². The van der Waals surface area contributed by atoms with E-state index in [1.807, 2.05) is 13.0 Å². The molecule has 2 saturated carbocycles. The first kappa shape index (κ1) is 22.4. The van der Waals surface area contributed by atoms with Crippen LogP contribution in [0.15, 0.2) is 28.9 Å². The van der Waals surface area contributed by atoms with Crippen molar-refractivity contribution in [3.8, 4) is 0 Å². The highest BCUT2D eigenvalue weighted by Crippen LogP contribution is 2.59. The number of halogens is 2. The lowest BCUT2D eigenvalue weighted by Gasteiger charge is -2.30. The zero-order valence-corrected chi connectivity index (χ0v) is 19.3. The SMILES string of the molecule is Cc1ncccc1C(=O)NC1CCC(CCN2C[C@@H]3C[C@]3(c3cc(C(C)(F)F)on3)C2)CC1. The van der Waals surface area contributed by atoms with E-state index in [0.29, 0.717) is 23.1 Å². The quantitative estimate of drug-likeness (QED) is 0.664. The van der Waals surface area contributed by atoms with Gasteiger partial charge in [0.1, 0.15) is 0 Å². The predicted octanol–water partition coefficient (Wildman–Crippen LogP) is 4.44. The Balaban J connectivity index is 1.06. The Hall–Kier alpha value is -2.35. The van der Waals surface area contributed by atoms with E-state index in [9.17, 15) is 13.6 Å². The maximum atomic E-state index is 13.5.